The lowest BCUT2D eigenvalue weighted by atomic mass is 10.2. The predicted octanol–water partition coefficient (Wildman–Crippen LogP) is 6.86. The van der Waals surface area contributed by atoms with Crippen molar-refractivity contribution in [2.75, 3.05) is 11.1 Å². The van der Waals surface area contributed by atoms with Gasteiger partial charge in [-0.1, -0.05) is 71.5 Å². The lowest BCUT2D eigenvalue weighted by Gasteiger charge is -2.11. The van der Waals surface area contributed by atoms with E-state index in [4.69, 9.17) is 16.6 Å². The third-order valence-corrected chi connectivity index (χ3v) is 8.70. The van der Waals surface area contributed by atoms with Gasteiger partial charge in [-0.2, -0.15) is 0 Å². The summed E-state index contributed by atoms with van der Waals surface area (Å²) >= 11 is 10.8. The van der Waals surface area contributed by atoms with E-state index in [2.05, 4.69) is 21.6 Å². The maximum Gasteiger partial charge on any atom is 0.234 e. The van der Waals surface area contributed by atoms with E-state index in [1.54, 1.807) is 29.2 Å². The standard InChI is InChI=1S/C25H20ClN5OS3/c1-16-18(26)10-7-12-19(16)27-23(32)15-33-24-30-29-22(31(24)17-8-3-2-4-9-17)14-34-25-28-20-11-5-6-13-21(20)35-25/h2-13H,14-15H2,1H3,(H,27,32). The second kappa shape index (κ2) is 10.8. The molecule has 0 aliphatic rings. The highest BCUT2D eigenvalue weighted by atomic mass is 35.5. The number of aromatic nitrogens is 4. The normalized spacial score (nSPS) is 11.1. The lowest BCUT2D eigenvalue weighted by Crippen LogP contribution is -2.15. The van der Waals surface area contributed by atoms with Gasteiger partial charge in [-0.25, -0.2) is 4.98 Å². The molecule has 0 fully saturated rings. The number of carbonyl (C=O) groups is 1. The van der Waals surface area contributed by atoms with E-state index in [9.17, 15) is 4.79 Å². The number of nitrogens with zero attached hydrogens (tertiary/aromatic N) is 4. The van der Waals surface area contributed by atoms with Gasteiger partial charge >= 0.3 is 0 Å². The molecule has 176 valence electrons. The molecule has 5 rings (SSSR count). The van der Waals surface area contributed by atoms with Gasteiger partial charge in [0.05, 0.1) is 21.7 Å². The fraction of sp³-hybridized carbons (Fsp3) is 0.120. The summed E-state index contributed by atoms with van der Waals surface area (Å²) < 4.78 is 4.15. The van der Waals surface area contributed by atoms with Gasteiger partial charge in [-0.15, -0.1) is 21.5 Å². The van der Waals surface area contributed by atoms with Crippen molar-refractivity contribution in [3.63, 3.8) is 0 Å². The zero-order valence-electron chi connectivity index (χ0n) is 18.6. The first-order chi connectivity index (χ1) is 17.1. The minimum absolute atomic E-state index is 0.131. The topological polar surface area (TPSA) is 72.7 Å². The average molecular weight is 538 g/mol. The molecule has 1 N–H and O–H groups in total. The number of hydrogen-bond acceptors (Lipinski definition) is 7. The Bertz CT molecular complexity index is 1450. The summed E-state index contributed by atoms with van der Waals surface area (Å²) in [5.41, 5.74) is 3.50. The predicted molar refractivity (Wildman–Crippen MR) is 146 cm³/mol. The summed E-state index contributed by atoms with van der Waals surface area (Å²) in [6, 6.07) is 23.5. The molecule has 3 aromatic carbocycles. The van der Waals surface area contributed by atoms with E-state index >= 15 is 0 Å². The first kappa shape index (κ1) is 23.9. The summed E-state index contributed by atoms with van der Waals surface area (Å²) in [5, 5.41) is 13.1. The number of thiazole rings is 1. The molecule has 0 aliphatic heterocycles. The van der Waals surface area contributed by atoms with Crippen molar-refractivity contribution in [2.45, 2.75) is 22.2 Å². The Morgan fingerprint density at radius 3 is 2.63 bits per heavy atom. The minimum atomic E-state index is -0.131. The van der Waals surface area contributed by atoms with E-state index in [-0.39, 0.29) is 11.7 Å². The number of halogens is 1. The zero-order chi connectivity index (χ0) is 24.2. The Morgan fingerprint density at radius 1 is 1.00 bits per heavy atom. The molecule has 0 bridgehead atoms. The highest BCUT2D eigenvalue weighted by Crippen LogP contribution is 2.32. The van der Waals surface area contributed by atoms with Crippen LogP contribution in [0.4, 0.5) is 5.69 Å². The number of hydrogen-bond donors (Lipinski definition) is 1. The molecule has 0 unspecified atom stereocenters. The van der Waals surface area contributed by atoms with E-state index in [1.807, 2.05) is 72.2 Å². The smallest absolute Gasteiger partial charge is 0.234 e. The third-order valence-electron chi connectivity index (χ3n) is 5.19. The summed E-state index contributed by atoms with van der Waals surface area (Å²) in [5.74, 6) is 1.47. The number of thioether (sulfide) groups is 2. The van der Waals surface area contributed by atoms with Crippen LogP contribution in [-0.4, -0.2) is 31.4 Å². The Balaban J connectivity index is 1.33. The van der Waals surface area contributed by atoms with Crippen molar-refractivity contribution in [2.24, 2.45) is 0 Å². The van der Waals surface area contributed by atoms with Crippen molar-refractivity contribution in [1.82, 2.24) is 19.7 Å². The number of rotatable bonds is 8. The van der Waals surface area contributed by atoms with Crippen molar-refractivity contribution in [1.29, 1.82) is 0 Å². The molecule has 2 heterocycles. The first-order valence-corrected chi connectivity index (χ1v) is 13.9. The van der Waals surface area contributed by atoms with E-state index in [0.717, 1.165) is 31.6 Å². The largest absolute Gasteiger partial charge is 0.325 e. The number of fused-ring (bicyclic) bond motifs is 1. The van der Waals surface area contributed by atoms with Gasteiger partial charge in [-0.3, -0.25) is 9.36 Å². The number of amides is 1. The second-order valence-electron chi connectivity index (χ2n) is 7.56. The zero-order valence-corrected chi connectivity index (χ0v) is 21.8. The summed E-state index contributed by atoms with van der Waals surface area (Å²) in [4.78, 5) is 17.4. The van der Waals surface area contributed by atoms with Crippen LogP contribution in [0.3, 0.4) is 0 Å². The first-order valence-electron chi connectivity index (χ1n) is 10.7. The number of anilines is 1. The van der Waals surface area contributed by atoms with Gasteiger partial charge < -0.3 is 5.32 Å². The molecule has 35 heavy (non-hydrogen) atoms. The summed E-state index contributed by atoms with van der Waals surface area (Å²) in [7, 11) is 0. The third kappa shape index (κ3) is 5.54. The Hall–Kier alpha value is -2.85. The lowest BCUT2D eigenvalue weighted by molar-refractivity contribution is -0.113. The number of carbonyl (C=O) groups excluding carboxylic acids is 1. The van der Waals surface area contributed by atoms with Crippen molar-refractivity contribution >= 4 is 68.3 Å². The van der Waals surface area contributed by atoms with Gasteiger partial charge in [-0.05, 0) is 48.9 Å². The molecule has 1 amide bonds. The van der Waals surface area contributed by atoms with Crippen LogP contribution in [0, 0.1) is 6.92 Å². The van der Waals surface area contributed by atoms with Crippen LogP contribution >= 0.6 is 46.5 Å². The fourth-order valence-corrected chi connectivity index (χ4v) is 6.35. The van der Waals surface area contributed by atoms with Gasteiger partial charge in [0.15, 0.2) is 9.50 Å². The van der Waals surface area contributed by atoms with Crippen molar-refractivity contribution < 1.29 is 4.79 Å². The Labute approximate surface area is 220 Å². The van der Waals surface area contributed by atoms with E-state index in [1.165, 1.54) is 11.8 Å². The van der Waals surface area contributed by atoms with Crippen molar-refractivity contribution in [3.05, 3.63) is 89.2 Å². The monoisotopic (exact) mass is 537 g/mol. The quantitative estimate of drug-likeness (QED) is 0.218. The second-order valence-corrected chi connectivity index (χ2v) is 11.2. The molecule has 0 saturated heterocycles. The molecule has 0 saturated carbocycles. The van der Waals surface area contributed by atoms with Gasteiger partial charge in [0.25, 0.3) is 0 Å². The van der Waals surface area contributed by atoms with Gasteiger partial charge in [0.2, 0.25) is 5.91 Å². The maximum absolute atomic E-state index is 12.7. The van der Waals surface area contributed by atoms with Crippen LogP contribution in [0.2, 0.25) is 5.02 Å². The molecular weight excluding hydrogens is 518 g/mol. The average Bonchev–Trinajstić information content (AvgIpc) is 3.48. The summed E-state index contributed by atoms with van der Waals surface area (Å²) in [6.45, 7) is 1.88. The number of benzene rings is 3. The fourth-order valence-electron chi connectivity index (χ4n) is 3.42. The Kier molecular flexibility index (Phi) is 7.38. The number of nitrogens with one attached hydrogen (secondary N) is 1. The molecule has 10 heteroatoms. The molecule has 0 aliphatic carbocycles. The molecule has 0 radical (unpaired) electrons. The van der Waals surface area contributed by atoms with E-state index < -0.39 is 0 Å². The van der Waals surface area contributed by atoms with Gasteiger partial charge in [0, 0.05) is 16.4 Å². The molecule has 0 spiro atoms. The molecular formula is C25H20ClN5OS3. The summed E-state index contributed by atoms with van der Waals surface area (Å²) in [6.07, 6.45) is 0. The van der Waals surface area contributed by atoms with Crippen LogP contribution in [-0.2, 0) is 10.5 Å². The molecule has 5 aromatic rings. The van der Waals surface area contributed by atoms with E-state index in [0.29, 0.717) is 21.6 Å². The van der Waals surface area contributed by atoms with Crippen molar-refractivity contribution in [3.8, 4) is 5.69 Å². The van der Waals surface area contributed by atoms with Crippen LogP contribution in [0.25, 0.3) is 15.9 Å². The Morgan fingerprint density at radius 2 is 1.80 bits per heavy atom. The molecule has 0 atom stereocenters. The minimum Gasteiger partial charge on any atom is -0.325 e. The van der Waals surface area contributed by atoms with Crippen LogP contribution < -0.4 is 5.32 Å². The highest BCUT2D eigenvalue weighted by molar-refractivity contribution is 8.00. The van der Waals surface area contributed by atoms with Crippen LogP contribution in [0.5, 0.6) is 0 Å². The van der Waals surface area contributed by atoms with Crippen LogP contribution in [0.15, 0.2) is 82.3 Å². The maximum atomic E-state index is 12.7. The highest BCUT2D eigenvalue weighted by Gasteiger charge is 2.17. The SMILES string of the molecule is Cc1c(Cl)cccc1NC(=O)CSc1nnc(CSc2nc3ccccc3s2)n1-c1ccccc1. The van der Waals surface area contributed by atoms with Crippen LogP contribution in [0.1, 0.15) is 11.4 Å². The molecule has 6 nitrogen and oxygen atoms in total. The number of para-hydroxylation sites is 2. The molecule has 2 aromatic heterocycles. The van der Waals surface area contributed by atoms with Gasteiger partial charge in [0.1, 0.15) is 5.82 Å².